The molecular formula is C19H26O3S. The van der Waals surface area contributed by atoms with Crippen molar-refractivity contribution in [2.45, 2.75) is 62.4 Å². The van der Waals surface area contributed by atoms with E-state index in [4.69, 9.17) is 4.74 Å². The number of thioether (sulfide) groups is 1. The van der Waals surface area contributed by atoms with Crippen LogP contribution in [-0.4, -0.2) is 28.4 Å². The molecule has 0 heterocycles. The molecule has 0 bridgehead atoms. The molecule has 1 aliphatic carbocycles. The number of hydrogen-bond acceptors (Lipinski definition) is 4. The van der Waals surface area contributed by atoms with Crippen molar-refractivity contribution >= 4 is 23.5 Å². The third-order valence-corrected chi connectivity index (χ3v) is 5.92. The Balaban J connectivity index is 2.12. The zero-order valence-electron chi connectivity index (χ0n) is 14.0. The van der Waals surface area contributed by atoms with Gasteiger partial charge in [0.2, 0.25) is 0 Å². The molecule has 1 aromatic carbocycles. The summed E-state index contributed by atoms with van der Waals surface area (Å²) in [6.07, 6.45) is 6.14. The fourth-order valence-electron chi connectivity index (χ4n) is 3.03. The summed E-state index contributed by atoms with van der Waals surface area (Å²) < 4.78 is 4.47. The van der Waals surface area contributed by atoms with E-state index in [9.17, 15) is 9.59 Å². The summed E-state index contributed by atoms with van der Waals surface area (Å²) in [5, 5.41) is 0.446. The van der Waals surface area contributed by atoms with Gasteiger partial charge < -0.3 is 4.74 Å². The van der Waals surface area contributed by atoms with Gasteiger partial charge in [-0.25, -0.2) is 0 Å². The SMILES string of the molecule is CCOC(=O)C(C)(CC(=O)c1ccccc1)SC1CCCCC1. The number of carbonyl (C=O) groups excluding carboxylic acids is 2. The first kappa shape index (κ1) is 18.1. The van der Waals surface area contributed by atoms with Crippen LogP contribution >= 0.6 is 11.8 Å². The maximum Gasteiger partial charge on any atom is 0.322 e. The lowest BCUT2D eigenvalue weighted by Gasteiger charge is -2.32. The number of hydrogen-bond donors (Lipinski definition) is 0. The second kappa shape index (κ2) is 8.53. The normalized spacial score (nSPS) is 18.2. The van der Waals surface area contributed by atoms with Crippen molar-refractivity contribution in [1.29, 1.82) is 0 Å². The highest BCUT2D eigenvalue weighted by atomic mass is 32.2. The van der Waals surface area contributed by atoms with Crippen LogP contribution in [0.1, 0.15) is 62.7 Å². The van der Waals surface area contributed by atoms with Gasteiger partial charge in [0.25, 0.3) is 0 Å². The number of ketones is 1. The number of carbonyl (C=O) groups is 2. The molecule has 1 fully saturated rings. The van der Waals surface area contributed by atoms with Gasteiger partial charge in [-0.2, -0.15) is 0 Å². The van der Waals surface area contributed by atoms with Gasteiger partial charge in [-0.1, -0.05) is 49.6 Å². The van der Waals surface area contributed by atoms with Gasteiger partial charge in [0.05, 0.1) is 6.61 Å². The fourth-order valence-corrected chi connectivity index (χ4v) is 4.70. The summed E-state index contributed by atoms with van der Waals surface area (Å²) in [5.41, 5.74) is 0.660. The Morgan fingerprint density at radius 1 is 1.17 bits per heavy atom. The van der Waals surface area contributed by atoms with Crippen LogP contribution in [0.25, 0.3) is 0 Å². The lowest BCUT2D eigenvalue weighted by atomic mass is 9.98. The molecule has 1 unspecified atom stereocenters. The molecule has 0 radical (unpaired) electrons. The second-order valence-electron chi connectivity index (χ2n) is 6.30. The third kappa shape index (κ3) is 5.10. The summed E-state index contributed by atoms with van der Waals surface area (Å²) in [6, 6.07) is 9.20. The van der Waals surface area contributed by atoms with Gasteiger partial charge in [0.1, 0.15) is 4.75 Å². The van der Waals surface area contributed by atoms with Crippen LogP contribution in [0.15, 0.2) is 30.3 Å². The number of rotatable bonds is 7. The maximum absolute atomic E-state index is 12.6. The topological polar surface area (TPSA) is 43.4 Å². The van der Waals surface area contributed by atoms with E-state index in [1.165, 1.54) is 19.3 Å². The van der Waals surface area contributed by atoms with E-state index in [0.717, 1.165) is 12.8 Å². The average molecular weight is 334 g/mol. The lowest BCUT2D eigenvalue weighted by Crippen LogP contribution is -2.38. The zero-order chi connectivity index (χ0) is 16.7. The van der Waals surface area contributed by atoms with Crippen LogP contribution in [0.4, 0.5) is 0 Å². The highest BCUT2D eigenvalue weighted by molar-refractivity contribution is 8.02. The Morgan fingerprint density at radius 2 is 1.83 bits per heavy atom. The lowest BCUT2D eigenvalue weighted by molar-refractivity contribution is -0.145. The molecule has 2 rings (SSSR count). The molecule has 1 aliphatic rings. The molecule has 1 aromatic rings. The van der Waals surface area contributed by atoms with Gasteiger partial charge >= 0.3 is 5.97 Å². The molecule has 0 amide bonds. The van der Waals surface area contributed by atoms with Gasteiger partial charge in [-0.3, -0.25) is 9.59 Å². The van der Waals surface area contributed by atoms with Crippen LogP contribution in [0.5, 0.6) is 0 Å². The van der Waals surface area contributed by atoms with Crippen molar-refractivity contribution in [2.24, 2.45) is 0 Å². The Kier molecular flexibility index (Phi) is 6.70. The third-order valence-electron chi connectivity index (χ3n) is 4.28. The molecule has 0 N–H and O–H groups in total. The standard InChI is InChI=1S/C19H26O3S/c1-3-22-18(21)19(2,23-16-12-8-5-9-13-16)14-17(20)15-10-6-4-7-11-15/h4,6-7,10-11,16H,3,5,8-9,12-14H2,1-2H3. The molecule has 0 saturated heterocycles. The summed E-state index contributed by atoms with van der Waals surface area (Å²) in [4.78, 5) is 25.1. The maximum atomic E-state index is 12.6. The predicted octanol–water partition coefficient (Wildman–Crippen LogP) is 4.65. The number of ether oxygens (including phenoxy) is 1. The molecule has 23 heavy (non-hydrogen) atoms. The van der Waals surface area contributed by atoms with Crippen LogP contribution in [-0.2, 0) is 9.53 Å². The van der Waals surface area contributed by atoms with Crippen molar-refractivity contribution < 1.29 is 14.3 Å². The van der Waals surface area contributed by atoms with Crippen molar-refractivity contribution in [3.8, 4) is 0 Å². The van der Waals surface area contributed by atoms with E-state index in [2.05, 4.69) is 0 Å². The van der Waals surface area contributed by atoms with E-state index in [-0.39, 0.29) is 18.2 Å². The highest BCUT2D eigenvalue weighted by Gasteiger charge is 2.40. The molecule has 1 atom stereocenters. The van der Waals surface area contributed by atoms with Gasteiger partial charge in [0, 0.05) is 17.2 Å². The molecule has 0 spiro atoms. The van der Waals surface area contributed by atoms with Crippen molar-refractivity contribution in [2.75, 3.05) is 6.61 Å². The Bertz CT molecular complexity index is 523. The van der Waals surface area contributed by atoms with E-state index in [1.807, 2.05) is 32.0 Å². The molecule has 126 valence electrons. The molecular weight excluding hydrogens is 308 g/mol. The van der Waals surface area contributed by atoms with Crippen LogP contribution < -0.4 is 0 Å². The average Bonchev–Trinajstić information content (AvgIpc) is 2.56. The van der Waals surface area contributed by atoms with Gasteiger partial charge in [-0.05, 0) is 26.7 Å². The first-order valence-electron chi connectivity index (χ1n) is 8.48. The summed E-state index contributed by atoms with van der Waals surface area (Å²) in [6.45, 7) is 4.02. The fraction of sp³-hybridized carbons (Fsp3) is 0.579. The minimum atomic E-state index is -0.801. The molecule has 4 heteroatoms. The molecule has 0 aromatic heterocycles. The van der Waals surface area contributed by atoms with E-state index in [0.29, 0.717) is 17.4 Å². The molecule has 1 saturated carbocycles. The molecule has 3 nitrogen and oxygen atoms in total. The summed E-state index contributed by atoms with van der Waals surface area (Å²) in [5.74, 6) is -0.260. The van der Waals surface area contributed by atoms with E-state index >= 15 is 0 Å². The van der Waals surface area contributed by atoms with Crippen molar-refractivity contribution in [1.82, 2.24) is 0 Å². The first-order chi connectivity index (χ1) is 11.0. The summed E-state index contributed by atoms with van der Waals surface area (Å²) in [7, 11) is 0. The van der Waals surface area contributed by atoms with Crippen LogP contribution in [0, 0.1) is 0 Å². The highest BCUT2D eigenvalue weighted by Crippen LogP contribution is 2.40. The molecule has 0 aliphatic heterocycles. The zero-order valence-corrected chi connectivity index (χ0v) is 14.9. The summed E-state index contributed by atoms with van der Waals surface area (Å²) >= 11 is 1.64. The van der Waals surface area contributed by atoms with E-state index in [1.54, 1.807) is 23.9 Å². The largest absolute Gasteiger partial charge is 0.465 e. The van der Waals surface area contributed by atoms with Gasteiger partial charge in [-0.15, -0.1) is 11.8 Å². The number of benzene rings is 1. The van der Waals surface area contributed by atoms with Crippen molar-refractivity contribution in [3.05, 3.63) is 35.9 Å². The Hall–Kier alpha value is -1.29. The predicted molar refractivity (Wildman–Crippen MR) is 94.9 cm³/mol. The smallest absolute Gasteiger partial charge is 0.322 e. The monoisotopic (exact) mass is 334 g/mol. The number of Topliss-reactive ketones (excluding diaryl/α,β-unsaturated/α-hetero) is 1. The number of esters is 1. The second-order valence-corrected chi connectivity index (χ2v) is 8.10. The van der Waals surface area contributed by atoms with Crippen LogP contribution in [0.3, 0.4) is 0 Å². The first-order valence-corrected chi connectivity index (χ1v) is 9.36. The van der Waals surface area contributed by atoms with E-state index < -0.39 is 4.75 Å². The van der Waals surface area contributed by atoms with Gasteiger partial charge in [0.15, 0.2) is 5.78 Å². The van der Waals surface area contributed by atoms with Crippen LogP contribution in [0.2, 0.25) is 0 Å². The Labute approximate surface area is 143 Å². The Morgan fingerprint density at radius 3 is 2.43 bits per heavy atom. The van der Waals surface area contributed by atoms with Crippen molar-refractivity contribution in [3.63, 3.8) is 0 Å². The minimum absolute atomic E-state index is 0.00413. The quantitative estimate of drug-likeness (QED) is 0.538. The minimum Gasteiger partial charge on any atom is -0.465 e.